The van der Waals surface area contributed by atoms with Crippen LogP contribution in [0.5, 0.6) is 0 Å². The summed E-state index contributed by atoms with van der Waals surface area (Å²) >= 11 is 3.49. The summed E-state index contributed by atoms with van der Waals surface area (Å²) in [6.07, 6.45) is 0. The molecule has 0 spiro atoms. The van der Waals surface area contributed by atoms with Gasteiger partial charge in [-0.3, -0.25) is 4.79 Å². The zero-order valence-corrected chi connectivity index (χ0v) is 14.0. The number of aromatic nitrogens is 2. The van der Waals surface area contributed by atoms with Crippen molar-refractivity contribution >= 4 is 39.4 Å². The number of esters is 1. The molecule has 0 fully saturated rings. The predicted octanol–water partition coefficient (Wildman–Crippen LogP) is 3.27. The highest BCUT2D eigenvalue weighted by molar-refractivity contribution is 9.10. The third-order valence-corrected chi connectivity index (χ3v) is 3.69. The quantitative estimate of drug-likeness (QED) is 0.605. The van der Waals surface area contributed by atoms with Gasteiger partial charge in [-0.05, 0) is 35.0 Å². The topological polar surface area (TPSA) is 76.1 Å². The zero-order chi connectivity index (χ0) is 15.9. The predicted molar refractivity (Wildman–Crippen MR) is 89.3 cm³/mol. The highest BCUT2D eigenvalue weighted by Crippen LogP contribution is 2.27. The van der Waals surface area contributed by atoms with Gasteiger partial charge in [0.1, 0.15) is 6.61 Å². The molecule has 0 saturated heterocycles. The van der Waals surface area contributed by atoms with Crippen molar-refractivity contribution < 1.29 is 9.53 Å². The van der Waals surface area contributed by atoms with Crippen molar-refractivity contribution in [3.63, 3.8) is 0 Å². The van der Waals surface area contributed by atoms with Gasteiger partial charge in [0, 0.05) is 12.6 Å². The summed E-state index contributed by atoms with van der Waals surface area (Å²) in [5.74, 6) is 0.848. The second kappa shape index (κ2) is 7.74. The average Bonchev–Trinajstić information content (AvgIpc) is 2.49. The highest BCUT2D eigenvalue weighted by Gasteiger charge is 2.09. The molecule has 0 saturated carbocycles. The number of benzene rings is 1. The van der Waals surface area contributed by atoms with Crippen LogP contribution in [0.3, 0.4) is 0 Å². The molecule has 0 bridgehead atoms. The number of rotatable bonds is 6. The van der Waals surface area contributed by atoms with Gasteiger partial charge in [-0.2, -0.15) is 4.98 Å². The maximum Gasteiger partial charge on any atom is 0.302 e. The Balaban J connectivity index is 2.08. The summed E-state index contributed by atoms with van der Waals surface area (Å²) in [6, 6.07) is 9.76. The molecule has 2 N–H and O–H groups in total. The number of carbonyl (C=O) groups is 1. The van der Waals surface area contributed by atoms with E-state index in [1.807, 2.05) is 37.3 Å². The van der Waals surface area contributed by atoms with Crippen LogP contribution in [0, 0.1) is 6.92 Å². The van der Waals surface area contributed by atoms with Crippen LogP contribution in [0.25, 0.3) is 0 Å². The van der Waals surface area contributed by atoms with Crippen molar-refractivity contribution in [1.29, 1.82) is 0 Å². The van der Waals surface area contributed by atoms with Crippen molar-refractivity contribution in [2.24, 2.45) is 0 Å². The van der Waals surface area contributed by atoms with Crippen molar-refractivity contribution in [2.45, 2.75) is 13.8 Å². The fraction of sp³-hybridized carbons (Fsp3) is 0.267. The SMILES string of the molecule is CC(=O)OCCNc1nc(C)c(Br)c(Nc2ccccc2)n1. The molecule has 1 aromatic heterocycles. The number of ether oxygens (including phenoxy) is 1. The minimum Gasteiger partial charge on any atom is -0.464 e. The van der Waals surface area contributed by atoms with E-state index >= 15 is 0 Å². The number of hydrogen-bond donors (Lipinski definition) is 2. The molecule has 6 nitrogen and oxygen atoms in total. The maximum atomic E-state index is 10.7. The Hall–Kier alpha value is -2.15. The lowest BCUT2D eigenvalue weighted by molar-refractivity contribution is -0.140. The van der Waals surface area contributed by atoms with Gasteiger partial charge >= 0.3 is 5.97 Å². The zero-order valence-electron chi connectivity index (χ0n) is 12.4. The fourth-order valence-corrected chi connectivity index (χ4v) is 2.01. The molecule has 0 aliphatic rings. The Morgan fingerprint density at radius 3 is 2.68 bits per heavy atom. The van der Waals surface area contributed by atoms with Crippen molar-refractivity contribution in [1.82, 2.24) is 9.97 Å². The number of nitrogens with zero attached hydrogens (tertiary/aromatic N) is 2. The van der Waals surface area contributed by atoms with E-state index < -0.39 is 0 Å². The summed E-state index contributed by atoms with van der Waals surface area (Å²) < 4.78 is 5.67. The molecular formula is C15H17BrN4O2. The lowest BCUT2D eigenvalue weighted by atomic mass is 10.3. The summed E-state index contributed by atoms with van der Waals surface area (Å²) in [4.78, 5) is 19.5. The summed E-state index contributed by atoms with van der Waals surface area (Å²) in [7, 11) is 0. The minimum atomic E-state index is -0.305. The Kier molecular flexibility index (Phi) is 5.71. The summed E-state index contributed by atoms with van der Waals surface area (Å²) in [5, 5.41) is 6.27. The smallest absolute Gasteiger partial charge is 0.302 e. The van der Waals surface area contributed by atoms with E-state index in [4.69, 9.17) is 4.74 Å². The van der Waals surface area contributed by atoms with Gasteiger partial charge < -0.3 is 15.4 Å². The van der Waals surface area contributed by atoms with Crippen LogP contribution >= 0.6 is 15.9 Å². The van der Waals surface area contributed by atoms with Crippen LogP contribution in [0.4, 0.5) is 17.5 Å². The highest BCUT2D eigenvalue weighted by atomic mass is 79.9. The van der Waals surface area contributed by atoms with Crippen LogP contribution in [0.1, 0.15) is 12.6 Å². The molecular weight excluding hydrogens is 348 g/mol. The van der Waals surface area contributed by atoms with E-state index in [0.717, 1.165) is 15.9 Å². The van der Waals surface area contributed by atoms with Gasteiger partial charge in [-0.1, -0.05) is 18.2 Å². The first-order valence-electron chi connectivity index (χ1n) is 6.79. The number of anilines is 3. The van der Waals surface area contributed by atoms with Gasteiger partial charge in [0.05, 0.1) is 16.7 Å². The van der Waals surface area contributed by atoms with Gasteiger partial charge in [-0.15, -0.1) is 0 Å². The Bertz CT molecular complexity index is 649. The molecule has 116 valence electrons. The standard InChI is InChI=1S/C15H17BrN4O2/c1-10-13(16)14(19-12-6-4-3-5-7-12)20-15(18-10)17-8-9-22-11(2)21/h3-7H,8-9H2,1-2H3,(H2,17,18,19,20). The molecule has 1 aromatic carbocycles. The third-order valence-electron chi connectivity index (χ3n) is 2.74. The molecule has 7 heteroatoms. The van der Waals surface area contributed by atoms with E-state index in [-0.39, 0.29) is 12.6 Å². The Morgan fingerprint density at radius 1 is 1.27 bits per heavy atom. The molecule has 22 heavy (non-hydrogen) atoms. The number of carbonyl (C=O) groups excluding carboxylic acids is 1. The molecule has 0 radical (unpaired) electrons. The van der Waals surface area contributed by atoms with E-state index in [0.29, 0.717) is 18.3 Å². The lowest BCUT2D eigenvalue weighted by Gasteiger charge is -2.12. The first kappa shape index (κ1) is 16.2. The number of nitrogens with one attached hydrogen (secondary N) is 2. The lowest BCUT2D eigenvalue weighted by Crippen LogP contribution is -2.14. The summed E-state index contributed by atoms with van der Waals surface area (Å²) in [6.45, 7) is 3.99. The fourth-order valence-electron chi connectivity index (χ4n) is 1.74. The molecule has 0 aliphatic carbocycles. The van der Waals surface area contributed by atoms with Crippen molar-refractivity contribution in [3.05, 3.63) is 40.5 Å². The molecule has 0 amide bonds. The first-order chi connectivity index (χ1) is 10.6. The molecule has 2 aromatic rings. The van der Waals surface area contributed by atoms with E-state index in [2.05, 4.69) is 36.5 Å². The average molecular weight is 365 g/mol. The first-order valence-corrected chi connectivity index (χ1v) is 7.59. The number of aryl methyl sites for hydroxylation is 1. The Morgan fingerprint density at radius 2 is 2.00 bits per heavy atom. The monoisotopic (exact) mass is 364 g/mol. The molecule has 2 rings (SSSR count). The normalized spacial score (nSPS) is 10.1. The van der Waals surface area contributed by atoms with E-state index in [1.54, 1.807) is 0 Å². The molecule has 0 unspecified atom stereocenters. The van der Waals surface area contributed by atoms with Crippen LogP contribution < -0.4 is 10.6 Å². The van der Waals surface area contributed by atoms with Gasteiger partial charge in [0.25, 0.3) is 0 Å². The second-order valence-electron chi connectivity index (χ2n) is 4.55. The number of hydrogen-bond acceptors (Lipinski definition) is 6. The molecule has 1 heterocycles. The molecule has 0 atom stereocenters. The maximum absolute atomic E-state index is 10.7. The van der Waals surface area contributed by atoms with Gasteiger partial charge in [-0.25, -0.2) is 4.98 Å². The van der Waals surface area contributed by atoms with Crippen LogP contribution in [0.15, 0.2) is 34.8 Å². The van der Waals surface area contributed by atoms with Gasteiger partial charge in [0.15, 0.2) is 5.82 Å². The van der Waals surface area contributed by atoms with Gasteiger partial charge in [0.2, 0.25) is 5.95 Å². The minimum absolute atomic E-state index is 0.273. The molecule has 0 aliphatic heterocycles. The third kappa shape index (κ3) is 4.70. The van der Waals surface area contributed by atoms with Crippen LogP contribution in [-0.2, 0) is 9.53 Å². The number of para-hydroxylation sites is 1. The van der Waals surface area contributed by atoms with E-state index in [9.17, 15) is 4.79 Å². The Labute approximate surface area is 137 Å². The van der Waals surface area contributed by atoms with E-state index in [1.165, 1.54) is 6.92 Å². The van der Waals surface area contributed by atoms with Crippen molar-refractivity contribution in [3.8, 4) is 0 Å². The van der Waals surface area contributed by atoms with Crippen LogP contribution in [-0.4, -0.2) is 29.1 Å². The largest absolute Gasteiger partial charge is 0.464 e. The van der Waals surface area contributed by atoms with Crippen LogP contribution in [0.2, 0.25) is 0 Å². The van der Waals surface area contributed by atoms with Crippen molar-refractivity contribution in [2.75, 3.05) is 23.8 Å². The second-order valence-corrected chi connectivity index (χ2v) is 5.35. The number of halogens is 1. The summed E-state index contributed by atoms with van der Waals surface area (Å²) in [5.41, 5.74) is 1.75.